The van der Waals surface area contributed by atoms with Gasteiger partial charge in [0.15, 0.2) is 11.5 Å². The number of rotatable bonds is 10. The zero-order chi connectivity index (χ0) is 30.5. The molecule has 3 rings (SSSR count). The summed E-state index contributed by atoms with van der Waals surface area (Å²) in [6.45, 7) is 3.12. The number of nitrogens with one attached hydrogen (secondary N) is 1. The maximum absolute atomic E-state index is 14.0. The van der Waals surface area contributed by atoms with E-state index in [0.29, 0.717) is 6.07 Å². The summed E-state index contributed by atoms with van der Waals surface area (Å²) in [4.78, 5) is 28.7. The van der Waals surface area contributed by atoms with Gasteiger partial charge in [0.1, 0.15) is 28.5 Å². The molecule has 0 radical (unpaired) electrons. The van der Waals surface area contributed by atoms with Crippen molar-refractivity contribution in [3.05, 3.63) is 65.5 Å². The zero-order valence-corrected chi connectivity index (χ0v) is 21.6. The van der Waals surface area contributed by atoms with E-state index in [0.717, 1.165) is 43.6 Å². The van der Waals surface area contributed by atoms with Crippen LogP contribution in [0.1, 0.15) is 40.3 Å². The van der Waals surface area contributed by atoms with Crippen LogP contribution >= 0.6 is 0 Å². The molecule has 0 aliphatic rings. The number of benzene rings is 2. The molecule has 0 saturated heterocycles. The molecule has 0 unspecified atom stereocenters. The molecule has 0 bridgehead atoms. The number of hydrogen-bond acceptors (Lipinski definition) is 7. The van der Waals surface area contributed by atoms with E-state index in [4.69, 9.17) is 19.9 Å². The molecule has 9 nitrogen and oxygen atoms in total. The fraction of sp³-hybridized carbons (Fsp3) is 0.269. The Hall–Kier alpha value is -4.69. The maximum atomic E-state index is 14.0. The molecule has 2 amide bonds. The molecule has 15 heteroatoms. The van der Waals surface area contributed by atoms with Gasteiger partial charge in [0, 0.05) is 18.0 Å². The van der Waals surface area contributed by atoms with Crippen molar-refractivity contribution in [2.45, 2.75) is 26.4 Å². The summed E-state index contributed by atoms with van der Waals surface area (Å²) >= 11 is 0. The Morgan fingerprint density at radius 1 is 0.976 bits per heavy atom. The molecular formula is C26H23F6N3O6. The molecule has 2 aromatic carbocycles. The van der Waals surface area contributed by atoms with Crippen LogP contribution in [0.5, 0.6) is 28.7 Å². The topological polar surface area (TPSA) is 122 Å². The van der Waals surface area contributed by atoms with Crippen molar-refractivity contribution in [3.8, 4) is 28.7 Å². The van der Waals surface area contributed by atoms with E-state index in [1.165, 1.54) is 6.07 Å². The van der Waals surface area contributed by atoms with Gasteiger partial charge in [-0.2, -0.15) is 13.2 Å². The number of ether oxygens (including phenoxy) is 4. The molecule has 0 aliphatic carbocycles. The van der Waals surface area contributed by atoms with Gasteiger partial charge in [-0.1, -0.05) is 13.8 Å². The number of nitrogens with zero attached hydrogens (tertiary/aromatic N) is 1. The van der Waals surface area contributed by atoms with E-state index < -0.39 is 52.7 Å². The van der Waals surface area contributed by atoms with Crippen LogP contribution in [0.3, 0.4) is 0 Å². The van der Waals surface area contributed by atoms with Gasteiger partial charge in [-0.25, -0.2) is 0 Å². The van der Waals surface area contributed by atoms with Crippen LogP contribution in [0, 0.1) is 5.92 Å². The van der Waals surface area contributed by atoms with Crippen molar-refractivity contribution >= 4 is 17.5 Å². The number of primary amides is 1. The number of pyridine rings is 1. The number of carbonyl (C=O) groups excluding carboxylic acids is 2. The molecule has 220 valence electrons. The number of alkyl halides is 6. The molecule has 3 N–H and O–H groups in total. The minimum Gasteiger partial charge on any atom is -0.493 e. The minimum absolute atomic E-state index is 0.0387. The number of carbonyl (C=O) groups is 2. The molecule has 0 fully saturated rings. The summed E-state index contributed by atoms with van der Waals surface area (Å²) in [5, 5.41) is 2.36. The molecule has 0 aliphatic heterocycles. The van der Waals surface area contributed by atoms with Crippen molar-refractivity contribution in [1.29, 1.82) is 0 Å². The maximum Gasteiger partial charge on any atom is 0.573 e. The molecule has 0 atom stereocenters. The van der Waals surface area contributed by atoms with E-state index in [1.807, 2.05) is 0 Å². The standard InChI is InChI=1S/C26H23F6N3O6/c1-13(2)12-39-22-16(25(27,28)29)5-7-19(21(22)24(37)35-14-8-9-34-17(10-14)23(33)36)40-18-6-4-15(11-20(18)38-3)41-26(30,31)32/h4-11,13H,12H2,1-3H3,(H2,33,36)(H,34,35,37). The molecule has 0 saturated carbocycles. The molecule has 3 aromatic rings. The lowest BCUT2D eigenvalue weighted by Crippen LogP contribution is -2.20. The summed E-state index contributed by atoms with van der Waals surface area (Å²) in [5.41, 5.74) is 2.95. The summed E-state index contributed by atoms with van der Waals surface area (Å²) in [5.74, 6) is -4.83. The third-order valence-electron chi connectivity index (χ3n) is 5.07. The second kappa shape index (κ2) is 12.2. The second-order valence-corrected chi connectivity index (χ2v) is 8.73. The van der Waals surface area contributed by atoms with Crippen LogP contribution in [0.15, 0.2) is 48.7 Å². The number of halogens is 6. The van der Waals surface area contributed by atoms with Gasteiger partial charge in [-0.15, -0.1) is 13.2 Å². The molecule has 0 spiro atoms. The van der Waals surface area contributed by atoms with E-state index in [2.05, 4.69) is 15.0 Å². The fourth-order valence-electron chi connectivity index (χ4n) is 3.37. The van der Waals surface area contributed by atoms with E-state index in [-0.39, 0.29) is 35.4 Å². The van der Waals surface area contributed by atoms with Gasteiger partial charge in [0.05, 0.1) is 19.3 Å². The van der Waals surface area contributed by atoms with Crippen LogP contribution in [-0.4, -0.2) is 36.9 Å². The summed E-state index contributed by atoms with van der Waals surface area (Å²) in [6, 6.07) is 6.57. The first kappa shape index (κ1) is 30.8. The molecular weight excluding hydrogens is 564 g/mol. The minimum atomic E-state index is -5.00. The number of anilines is 1. The van der Waals surface area contributed by atoms with Crippen LogP contribution < -0.4 is 30.0 Å². The monoisotopic (exact) mass is 587 g/mol. The Morgan fingerprint density at radius 2 is 1.66 bits per heavy atom. The quantitative estimate of drug-likeness (QED) is 0.272. The van der Waals surface area contributed by atoms with Crippen molar-refractivity contribution in [1.82, 2.24) is 4.98 Å². The van der Waals surface area contributed by atoms with Gasteiger partial charge < -0.3 is 30.0 Å². The third-order valence-corrected chi connectivity index (χ3v) is 5.07. The average Bonchev–Trinajstić information content (AvgIpc) is 2.86. The highest BCUT2D eigenvalue weighted by Crippen LogP contribution is 2.45. The zero-order valence-electron chi connectivity index (χ0n) is 21.6. The lowest BCUT2D eigenvalue weighted by atomic mass is 10.1. The van der Waals surface area contributed by atoms with Crippen LogP contribution in [0.4, 0.5) is 32.0 Å². The van der Waals surface area contributed by atoms with Crippen LogP contribution in [-0.2, 0) is 6.18 Å². The largest absolute Gasteiger partial charge is 0.573 e. The van der Waals surface area contributed by atoms with Crippen molar-refractivity contribution < 1.29 is 54.9 Å². The lowest BCUT2D eigenvalue weighted by molar-refractivity contribution is -0.274. The van der Waals surface area contributed by atoms with E-state index >= 15 is 0 Å². The van der Waals surface area contributed by atoms with Gasteiger partial charge in [0.2, 0.25) is 0 Å². The highest BCUT2D eigenvalue weighted by molar-refractivity contribution is 6.09. The first-order valence-electron chi connectivity index (χ1n) is 11.6. The first-order chi connectivity index (χ1) is 19.1. The first-order valence-corrected chi connectivity index (χ1v) is 11.6. The third kappa shape index (κ3) is 8.16. The van der Waals surface area contributed by atoms with Gasteiger partial charge in [0.25, 0.3) is 11.8 Å². The average molecular weight is 587 g/mol. The van der Waals surface area contributed by atoms with Gasteiger partial charge >= 0.3 is 12.5 Å². The Morgan fingerprint density at radius 3 is 2.24 bits per heavy atom. The van der Waals surface area contributed by atoms with Gasteiger partial charge in [-0.05, 0) is 42.3 Å². The predicted molar refractivity (Wildman–Crippen MR) is 132 cm³/mol. The highest BCUT2D eigenvalue weighted by Gasteiger charge is 2.38. The number of amides is 2. The number of methoxy groups -OCH3 is 1. The Balaban J connectivity index is 2.16. The van der Waals surface area contributed by atoms with Crippen LogP contribution in [0.2, 0.25) is 0 Å². The Labute approximate surface area is 229 Å². The molecule has 1 heterocycles. The Bertz CT molecular complexity index is 1430. The summed E-state index contributed by atoms with van der Waals surface area (Å²) in [7, 11) is 1.11. The van der Waals surface area contributed by atoms with Crippen molar-refractivity contribution in [2.75, 3.05) is 19.0 Å². The lowest BCUT2D eigenvalue weighted by Gasteiger charge is -2.21. The normalized spacial score (nSPS) is 11.7. The summed E-state index contributed by atoms with van der Waals surface area (Å²) < 4.78 is 100. The highest BCUT2D eigenvalue weighted by atomic mass is 19.4. The number of nitrogens with two attached hydrogens (primary N) is 1. The van der Waals surface area contributed by atoms with E-state index in [1.54, 1.807) is 13.8 Å². The van der Waals surface area contributed by atoms with E-state index in [9.17, 15) is 35.9 Å². The Kier molecular flexibility index (Phi) is 9.20. The number of hydrogen-bond donors (Lipinski definition) is 2. The molecule has 1 aromatic heterocycles. The summed E-state index contributed by atoms with van der Waals surface area (Å²) in [6.07, 6.45) is -8.81. The fourth-order valence-corrected chi connectivity index (χ4v) is 3.37. The van der Waals surface area contributed by atoms with Crippen LogP contribution in [0.25, 0.3) is 0 Å². The molecule has 41 heavy (non-hydrogen) atoms. The number of aromatic nitrogens is 1. The smallest absolute Gasteiger partial charge is 0.493 e. The van der Waals surface area contributed by atoms with Gasteiger partial charge in [-0.3, -0.25) is 14.6 Å². The predicted octanol–water partition coefficient (Wildman–Crippen LogP) is 6.19. The SMILES string of the molecule is COc1cc(OC(F)(F)F)ccc1Oc1ccc(C(F)(F)F)c(OCC(C)C)c1C(=O)Nc1ccnc(C(N)=O)c1. The van der Waals surface area contributed by atoms with Crippen molar-refractivity contribution in [2.24, 2.45) is 11.7 Å². The van der Waals surface area contributed by atoms with Crippen molar-refractivity contribution in [3.63, 3.8) is 0 Å². The second-order valence-electron chi connectivity index (χ2n) is 8.73.